The highest BCUT2D eigenvalue weighted by Gasteiger charge is 2.21. The summed E-state index contributed by atoms with van der Waals surface area (Å²) < 4.78 is 101. The number of hydrogen-bond donors (Lipinski definition) is 9. The number of aryl methyl sites for hydroxylation is 4. The van der Waals surface area contributed by atoms with Crippen molar-refractivity contribution in [3.8, 4) is 67.8 Å². The van der Waals surface area contributed by atoms with Gasteiger partial charge in [0.1, 0.15) is 0 Å². The van der Waals surface area contributed by atoms with E-state index in [0.717, 1.165) is 84.3 Å². The number of sulfonamides is 1. The first-order valence-electron chi connectivity index (χ1n) is 41.3. The molecule has 0 atom stereocenters. The van der Waals surface area contributed by atoms with Gasteiger partial charge in [0.25, 0.3) is 0 Å². The predicted molar refractivity (Wildman–Crippen MR) is 515 cm³/mol. The molecule has 16 rings (SSSR count). The van der Waals surface area contributed by atoms with Gasteiger partial charge in [-0.25, -0.2) is 76.7 Å². The van der Waals surface area contributed by atoms with Gasteiger partial charge < -0.3 is 42.5 Å². The number of aromatic nitrogens is 8. The van der Waals surface area contributed by atoms with Gasteiger partial charge in [-0.15, -0.1) is 0 Å². The van der Waals surface area contributed by atoms with Crippen molar-refractivity contribution in [1.82, 2.24) is 60.4 Å². The Bertz CT molecular complexity index is 6780. The molecule has 0 aliphatic heterocycles. The summed E-state index contributed by atoms with van der Waals surface area (Å²) in [5.74, 6) is 0. The van der Waals surface area contributed by atoms with Gasteiger partial charge in [0.15, 0.2) is 29.5 Å². The van der Waals surface area contributed by atoms with E-state index < -0.39 is 39.5 Å². The third kappa shape index (κ3) is 26.3. The molecule has 4 aromatic heterocycles. The SMILES string of the molecule is Cc1ccc(NC(=O)NCc2cc(-c3ccccc3)n(-c3ccc(S(C)(=O)=O)cc3)n2)cc1.Cc1ccc(NC(=O)NCc2cc(-c3ccccc3)n(-c3ccc(S(C)(=O)=O)cc3)n2)cc1.Cc1cccc(NC(=O)NCc2cc(-c3ccccc3)n(-c3ccc(S(C)(=O)=O)cc3)n2)c1.Cc1cccc(NC(=O)NCc2cc(-c3ccccc3)n(-c3ccc(S(N)(=O)=O)cc3)n2)c1. The molecule has 29 nitrogen and oxygen atoms in total. The summed E-state index contributed by atoms with van der Waals surface area (Å²) >= 11 is 0. The lowest BCUT2D eigenvalue weighted by Gasteiger charge is -2.08. The molecule has 0 aliphatic rings. The van der Waals surface area contributed by atoms with Crippen LogP contribution in [0.25, 0.3) is 67.8 Å². The number of carbonyl (C=O) groups excluding carboxylic acids is 4. The highest BCUT2D eigenvalue weighted by molar-refractivity contribution is 7.91. The number of nitrogens with zero attached hydrogens (tertiary/aromatic N) is 8. The van der Waals surface area contributed by atoms with E-state index in [2.05, 4.69) is 62.9 Å². The Morgan fingerprint density at radius 3 is 0.705 bits per heavy atom. The first-order chi connectivity index (χ1) is 63.2. The van der Waals surface area contributed by atoms with E-state index in [9.17, 15) is 52.8 Å². The summed E-state index contributed by atoms with van der Waals surface area (Å²) in [6, 6.07) is 101. The Morgan fingerprint density at radius 2 is 0.485 bits per heavy atom. The summed E-state index contributed by atoms with van der Waals surface area (Å²) in [4.78, 5) is 50.1. The number of sulfone groups is 3. The number of nitrogens with two attached hydrogens (primary N) is 1. The van der Waals surface area contributed by atoms with Crippen LogP contribution in [-0.2, 0) is 65.7 Å². The van der Waals surface area contributed by atoms with Gasteiger partial charge in [-0.05, 0) is 209 Å². The lowest BCUT2D eigenvalue weighted by atomic mass is 10.1. The van der Waals surface area contributed by atoms with Crippen LogP contribution >= 0.6 is 0 Å². The van der Waals surface area contributed by atoms with Crippen LogP contribution in [0, 0.1) is 27.7 Å². The molecule has 0 fully saturated rings. The summed E-state index contributed by atoms with van der Waals surface area (Å²) in [7, 11) is -13.7. The molecular weight excluding hydrogens is 1750 g/mol. The molecule has 8 amide bonds. The van der Waals surface area contributed by atoms with Gasteiger partial charge in [-0.3, -0.25) is 0 Å². The number of primary sulfonamides is 1. The van der Waals surface area contributed by atoms with Gasteiger partial charge in [-0.1, -0.05) is 181 Å². The van der Waals surface area contributed by atoms with Crippen LogP contribution in [0.4, 0.5) is 41.9 Å². The molecule has 132 heavy (non-hydrogen) atoms. The van der Waals surface area contributed by atoms with Gasteiger partial charge in [-0.2, -0.15) is 20.4 Å². The molecule has 0 unspecified atom stereocenters. The minimum atomic E-state index is -3.79. The van der Waals surface area contributed by atoms with E-state index in [0.29, 0.717) is 51.2 Å². The summed E-state index contributed by atoms with van der Waals surface area (Å²) in [5.41, 5.74) is 19.7. The topological polar surface area (TPSA) is 398 Å². The molecule has 10 N–H and O–H groups in total. The van der Waals surface area contributed by atoms with Gasteiger partial charge in [0.05, 0.1) is 114 Å². The second-order valence-corrected chi connectivity index (χ2v) is 38.3. The fourth-order valence-corrected chi connectivity index (χ4v) is 15.9. The zero-order valence-corrected chi connectivity index (χ0v) is 76.1. The van der Waals surface area contributed by atoms with Crippen LogP contribution in [0.2, 0.25) is 0 Å². The standard InChI is InChI=1S/3C25H24N4O3S.C24H23N5O3S/c1-18-7-6-10-20(15-18)27-25(30)26-17-21-16-24(19-8-4-3-5-9-19)29(28-21)22-11-13-23(14-12-22)33(2,31)32;2*1-18-8-10-20(11-9-18)27-25(30)26-17-21-16-24(19-6-4-3-5-7-19)29(28-21)22-12-14-23(15-13-22)33(2,31)32;1-17-6-5-9-19(14-17)27-24(30)26-16-20-15-23(18-7-3-2-4-8-18)29(28-20)21-10-12-22(13-11-21)33(25,31)32/h3*3-16H,17H2,1-2H3,(H2,26,27,30);2-15H,16H2,1H3,(H2,25,31,32)(H2,26,27,30). The first-order valence-corrected chi connectivity index (χ1v) is 48.5. The second kappa shape index (κ2) is 42.5. The molecule has 0 radical (unpaired) electrons. The zero-order valence-electron chi connectivity index (χ0n) is 72.8. The van der Waals surface area contributed by atoms with Crippen LogP contribution in [0.1, 0.15) is 45.0 Å². The summed E-state index contributed by atoms with van der Waals surface area (Å²) in [5, 5.41) is 46.4. The minimum Gasteiger partial charge on any atom is -0.332 e. The van der Waals surface area contributed by atoms with Gasteiger partial charge >= 0.3 is 24.1 Å². The Kier molecular flexibility index (Phi) is 30.2. The molecule has 16 aromatic rings. The van der Waals surface area contributed by atoms with Gasteiger partial charge in [0, 0.05) is 63.8 Å². The van der Waals surface area contributed by atoms with E-state index in [1.807, 2.05) is 270 Å². The fourth-order valence-electron chi connectivity index (χ4n) is 13.5. The normalized spacial score (nSPS) is 11.2. The Labute approximate surface area is 765 Å². The highest BCUT2D eigenvalue weighted by atomic mass is 32.2. The lowest BCUT2D eigenvalue weighted by molar-refractivity contribution is 0.251. The largest absolute Gasteiger partial charge is 0.332 e. The highest BCUT2D eigenvalue weighted by Crippen LogP contribution is 2.31. The van der Waals surface area contributed by atoms with Crippen molar-refractivity contribution < 1.29 is 52.8 Å². The van der Waals surface area contributed by atoms with Crippen LogP contribution in [-0.4, -0.2) is 116 Å². The molecule has 672 valence electrons. The van der Waals surface area contributed by atoms with E-state index in [1.165, 1.54) is 30.9 Å². The van der Waals surface area contributed by atoms with Crippen molar-refractivity contribution in [3.05, 3.63) is 385 Å². The van der Waals surface area contributed by atoms with Crippen molar-refractivity contribution >= 4 is 86.4 Å². The maximum Gasteiger partial charge on any atom is 0.319 e. The Morgan fingerprint density at radius 1 is 0.258 bits per heavy atom. The quantitative estimate of drug-likeness (QED) is 0.0271. The molecule has 33 heteroatoms. The van der Waals surface area contributed by atoms with Gasteiger partial charge in [0.2, 0.25) is 10.0 Å². The number of hydrogen-bond acceptors (Lipinski definition) is 16. The molecule has 0 saturated carbocycles. The third-order valence-electron chi connectivity index (χ3n) is 20.1. The Hall–Kier alpha value is -15.7. The fraction of sp³-hybridized carbons (Fsp3) is 0.111. The summed E-state index contributed by atoms with van der Waals surface area (Å²) in [6.45, 7) is 8.78. The van der Waals surface area contributed by atoms with Crippen molar-refractivity contribution in [2.45, 2.75) is 73.5 Å². The minimum absolute atomic E-state index is 0.0226. The molecule has 0 bridgehead atoms. The number of nitrogens with one attached hydrogen (secondary N) is 8. The molecule has 0 aliphatic carbocycles. The molecular formula is C99H95N17O12S4. The van der Waals surface area contributed by atoms with Crippen molar-refractivity contribution in [2.24, 2.45) is 5.14 Å². The number of anilines is 4. The monoisotopic (exact) mass is 1840 g/mol. The number of urea groups is 4. The van der Waals surface area contributed by atoms with Crippen molar-refractivity contribution in [1.29, 1.82) is 0 Å². The first kappa shape index (κ1) is 93.9. The maximum absolute atomic E-state index is 12.3. The van der Waals surface area contributed by atoms with Crippen LogP contribution < -0.4 is 47.7 Å². The number of carbonyl (C=O) groups is 4. The Balaban J connectivity index is 0.000000150. The van der Waals surface area contributed by atoms with Crippen LogP contribution in [0.3, 0.4) is 0 Å². The van der Waals surface area contributed by atoms with Crippen molar-refractivity contribution in [3.63, 3.8) is 0 Å². The number of benzene rings is 12. The zero-order chi connectivity index (χ0) is 93.7. The number of amides is 8. The number of rotatable bonds is 24. The van der Waals surface area contributed by atoms with Crippen molar-refractivity contribution in [2.75, 3.05) is 40.0 Å². The van der Waals surface area contributed by atoms with Crippen LogP contribution in [0.5, 0.6) is 0 Å². The molecule has 0 spiro atoms. The lowest BCUT2D eigenvalue weighted by Crippen LogP contribution is -2.28. The smallest absolute Gasteiger partial charge is 0.319 e. The average molecular weight is 1840 g/mol. The second-order valence-electron chi connectivity index (χ2n) is 30.7. The molecule has 0 saturated heterocycles. The molecule has 4 heterocycles. The predicted octanol–water partition coefficient (Wildman–Crippen LogP) is 17.5. The average Bonchev–Trinajstić information content (AvgIpc) is 1.66. The van der Waals surface area contributed by atoms with E-state index in [1.54, 1.807) is 104 Å². The van der Waals surface area contributed by atoms with E-state index in [4.69, 9.17) is 5.14 Å². The summed E-state index contributed by atoms with van der Waals surface area (Å²) in [6.07, 6.45) is 3.53. The maximum atomic E-state index is 12.3. The third-order valence-corrected chi connectivity index (χ3v) is 24.5. The van der Waals surface area contributed by atoms with Crippen LogP contribution in [0.15, 0.2) is 359 Å². The molecule has 12 aromatic carbocycles. The van der Waals surface area contributed by atoms with E-state index >= 15 is 0 Å². The van der Waals surface area contributed by atoms with E-state index in [-0.39, 0.29) is 69.9 Å².